The smallest absolute Gasteiger partial charge is 0.169 e. The van der Waals surface area contributed by atoms with E-state index in [1.165, 1.54) is 0 Å². The molecule has 0 aliphatic heterocycles. The highest BCUT2D eigenvalue weighted by molar-refractivity contribution is 6.25. The van der Waals surface area contributed by atoms with Crippen molar-refractivity contribution in [2.75, 3.05) is 0 Å². The van der Waals surface area contributed by atoms with Crippen molar-refractivity contribution in [3.8, 4) is 0 Å². The van der Waals surface area contributed by atoms with Gasteiger partial charge in [-0.25, -0.2) is 0 Å². The van der Waals surface area contributed by atoms with E-state index in [2.05, 4.69) is 5.14 Å². The standard InChI is InChI=1S/C4H11N.B2H5N/c1-4(2,3)5;1-3-2/h5H2,1-3H3;3H,1-2H2. The van der Waals surface area contributed by atoms with Crippen molar-refractivity contribution < 1.29 is 0 Å². The Labute approximate surface area is 54.1 Å². The van der Waals surface area contributed by atoms with Gasteiger partial charge in [-0.05, 0) is 20.8 Å². The van der Waals surface area contributed by atoms with Crippen molar-refractivity contribution >= 4 is 16.0 Å². The van der Waals surface area contributed by atoms with Crippen LogP contribution in [0.4, 0.5) is 0 Å². The maximum Gasteiger partial charge on any atom is 0.169 e. The van der Waals surface area contributed by atoms with Gasteiger partial charge in [0, 0.05) is 5.54 Å². The molecule has 4 heteroatoms. The second kappa shape index (κ2) is 5.19. The second-order valence-corrected chi connectivity index (χ2v) is 2.87. The lowest BCUT2D eigenvalue weighted by Gasteiger charge is -2.06. The van der Waals surface area contributed by atoms with E-state index in [-0.39, 0.29) is 5.54 Å². The van der Waals surface area contributed by atoms with Crippen molar-refractivity contribution in [1.82, 2.24) is 5.14 Å². The molecular weight excluding hydrogens is 97.7 g/mol. The van der Waals surface area contributed by atoms with Gasteiger partial charge >= 0.3 is 0 Å². The molecule has 0 fully saturated rings. The van der Waals surface area contributed by atoms with Crippen LogP contribution in [0.2, 0.25) is 0 Å². The Morgan fingerprint density at radius 3 is 1.25 bits per heavy atom. The third-order valence-corrected chi connectivity index (χ3v) is 0. The van der Waals surface area contributed by atoms with Gasteiger partial charge < -0.3 is 10.9 Å². The van der Waals surface area contributed by atoms with Gasteiger partial charge in [-0.2, -0.15) is 0 Å². The quantitative estimate of drug-likeness (QED) is 0.372. The van der Waals surface area contributed by atoms with E-state index in [0.29, 0.717) is 0 Å². The fourth-order valence-corrected chi connectivity index (χ4v) is 0. The normalized spacial score (nSPS) is 9.50. The molecule has 0 heterocycles. The summed E-state index contributed by atoms with van der Waals surface area (Å²) in [5.74, 6) is 0. The molecule has 48 valence electrons. The summed E-state index contributed by atoms with van der Waals surface area (Å²) in [7, 11) is 3.75. The van der Waals surface area contributed by atoms with Crippen LogP contribution in [-0.4, -0.2) is 21.5 Å². The molecule has 0 saturated carbocycles. The zero-order valence-electron chi connectivity index (χ0n) is 6.58. The topological polar surface area (TPSA) is 38.0 Å². The Bertz CT molecular complexity index is 35.8. The third kappa shape index (κ3) is 62000. The van der Waals surface area contributed by atoms with Crippen molar-refractivity contribution in [3.05, 3.63) is 0 Å². The zero-order chi connectivity index (χ0) is 7.21. The predicted octanol–water partition coefficient (Wildman–Crippen LogP) is -1.58. The van der Waals surface area contributed by atoms with Gasteiger partial charge in [-0.3, -0.25) is 0 Å². The summed E-state index contributed by atoms with van der Waals surface area (Å²) in [5.41, 5.74) is 5.35. The lowest BCUT2D eigenvalue weighted by molar-refractivity contribution is 0.580. The van der Waals surface area contributed by atoms with Crippen LogP contribution >= 0.6 is 0 Å². The minimum absolute atomic E-state index is 0. The molecule has 2 nitrogen and oxygen atoms in total. The highest BCUT2D eigenvalue weighted by Gasteiger charge is 1.95. The van der Waals surface area contributed by atoms with Crippen LogP contribution in [0.3, 0.4) is 0 Å². The monoisotopic (exact) mass is 114 g/mol. The largest absolute Gasteiger partial charge is 0.410 e. The minimum atomic E-state index is 0. The first-order valence-electron chi connectivity index (χ1n) is 2.79. The summed E-state index contributed by atoms with van der Waals surface area (Å²) >= 11 is 0. The number of rotatable bonds is 0. The number of hydrogen-bond donors (Lipinski definition) is 2. The maximum atomic E-state index is 5.35. The maximum absolute atomic E-state index is 5.35. The van der Waals surface area contributed by atoms with E-state index in [0.717, 1.165) is 0 Å². The molecule has 0 aliphatic carbocycles. The average molecular weight is 114 g/mol. The van der Waals surface area contributed by atoms with E-state index in [1.54, 1.807) is 0 Å². The molecule has 0 amide bonds. The summed E-state index contributed by atoms with van der Waals surface area (Å²) < 4.78 is 0. The predicted molar refractivity (Wildman–Crippen MR) is 44.2 cm³/mol. The SMILES string of the molecule is BNB.CC(C)(C)N. The summed E-state index contributed by atoms with van der Waals surface area (Å²) in [6, 6.07) is 0. The lowest BCUT2D eigenvalue weighted by atomic mass is 10.1. The van der Waals surface area contributed by atoms with E-state index in [4.69, 9.17) is 5.73 Å². The minimum Gasteiger partial charge on any atom is -0.410 e. The van der Waals surface area contributed by atoms with Crippen LogP contribution < -0.4 is 10.9 Å². The molecule has 0 aromatic heterocycles. The molecule has 0 bridgehead atoms. The first-order valence-corrected chi connectivity index (χ1v) is 2.79. The van der Waals surface area contributed by atoms with Gasteiger partial charge in [0.25, 0.3) is 0 Å². The van der Waals surface area contributed by atoms with Crippen LogP contribution in [0.15, 0.2) is 0 Å². The van der Waals surface area contributed by atoms with Gasteiger partial charge in [-0.1, -0.05) is 0 Å². The molecule has 0 aromatic carbocycles. The molecule has 0 rings (SSSR count). The molecular formula is C4H16B2N2. The highest BCUT2D eigenvalue weighted by Crippen LogP contribution is 1.88. The van der Waals surface area contributed by atoms with Crippen LogP contribution in [0.5, 0.6) is 0 Å². The van der Waals surface area contributed by atoms with Gasteiger partial charge in [0.2, 0.25) is 0 Å². The Kier molecular flexibility index (Phi) is 7.09. The van der Waals surface area contributed by atoms with E-state index < -0.39 is 0 Å². The molecule has 0 aliphatic rings. The molecule has 0 aromatic rings. The first-order chi connectivity index (χ1) is 3.41. The molecule has 3 N–H and O–H groups in total. The first kappa shape index (κ1) is 10.9. The molecule has 0 unspecified atom stereocenters. The molecule has 0 spiro atoms. The lowest BCUT2D eigenvalue weighted by Crippen LogP contribution is -2.26. The summed E-state index contributed by atoms with van der Waals surface area (Å²) in [6.07, 6.45) is 0. The van der Waals surface area contributed by atoms with E-state index in [1.807, 2.05) is 36.7 Å². The molecule has 0 saturated heterocycles. The molecule has 8 heavy (non-hydrogen) atoms. The van der Waals surface area contributed by atoms with Crippen molar-refractivity contribution in [1.29, 1.82) is 0 Å². The van der Waals surface area contributed by atoms with E-state index >= 15 is 0 Å². The van der Waals surface area contributed by atoms with Crippen LogP contribution in [0, 0.1) is 0 Å². The Balaban J connectivity index is 0. The van der Waals surface area contributed by atoms with Gasteiger partial charge in [0.05, 0.1) is 0 Å². The van der Waals surface area contributed by atoms with Crippen LogP contribution in [0.1, 0.15) is 20.8 Å². The van der Waals surface area contributed by atoms with Gasteiger partial charge in [0.1, 0.15) is 0 Å². The van der Waals surface area contributed by atoms with Crippen molar-refractivity contribution in [2.24, 2.45) is 5.73 Å². The number of nitrogens with one attached hydrogen (secondary N) is 1. The summed E-state index contributed by atoms with van der Waals surface area (Å²) in [5, 5.41) is 2.75. The molecule has 0 atom stereocenters. The average Bonchev–Trinajstić information content (AvgIpc) is 1.27. The number of nitrogens with two attached hydrogens (primary N) is 1. The Morgan fingerprint density at radius 2 is 1.25 bits per heavy atom. The Morgan fingerprint density at radius 1 is 1.25 bits per heavy atom. The van der Waals surface area contributed by atoms with Crippen molar-refractivity contribution in [2.45, 2.75) is 26.3 Å². The highest BCUT2D eigenvalue weighted by atomic mass is 14.7. The van der Waals surface area contributed by atoms with Gasteiger partial charge in [0.15, 0.2) is 16.0 Å². The Hall–Kier alpha value is 0.0499. The van der Waals surface area contributed by atoms with Crippen LogP contribution in [-0.2, 0) is 0 Å². The van der Waals surface area contributed by atoms with Crippen LogP contribution in [0.25, 0.3) is 0 Å². The fourth-order valence-electron chi connectivity index (χ4n) is 0. The summed E-state index contributed by atoms with van der Waals surface area (Å²) in [4.78, 5) is 0. The number of hydrogen-bond acceptors (Lipinski definition) is 2. The molecule has 0 radical (unpaired) electrons. The zero-order valence-corrected chi connectivity index (χ0v) is 6.58. The van der Waals surface area contributed by atoms with Gasteiger partial charge in [-0.15, -0.1) is 0 Å². The fraction of sp³-hybridized carbons (Fsp3) is 1.00. The summed E-state index contributed by atoms with van der Waals surface area (Å²) in [6.45, 7) is 5.90. The van der Waals surface area contributed by atoms with Crippen molar-refractivity contribution in [3.63, 3.8) is 0 Å². The second-order valence-electron chi connectivity index (χ2n) is 2.87. The van der Waals surface area contributed by atoms with E-state index in [9.17, 15) is 0 Å². The third-order valence-electron chi connectivity index (χ3n) is 0.